The summed E-state index contributed by atoms with van der Waals surface area (Å²) in [5.74, 6) is -0.557. The van der Waals surface area contributed by atoms with E-state index in [1.165, 1.54) is 6.07 Å². The molecule has 5 heteroatoms. The number of rotatable bonds is 5. The van der Waals surface area contributed by atoms with Crippen molar-refractivity contribution in [3.63, 3.8) is 0 Å². The number of carbonyl (C=O) groups is 1. The number of amides is 1. The molecule has 0 aromatic heterocycles. The van der Waals surface area contributed by atoms with Gasteiger partial charge in [0.2, 0.25) is 5.91 Å². The Morgan fingerprint density at radius 3 is 2.39 bits per heavy atom. The molecule has 0 bridgehead atoms. The van der Waals surface area contributed by atoms with E-state index in [1.807, 2.05) is 36.4 Å². The Labute approximate surface area is 144 Å². The summed E-state index contributed by atoms with van der Waals surface area (Å²) in [5.41, 5.74) is 3.31. The van der Waals surface area contributed by atoms with E-state index in [2.05, 4.69) is 15.9 Å². The van der Waals surface area contributed by atoms with E-state index < -0.39 is 0 Å². The Bertz CT molecular complexity index is 605. The predicted molar refractivity (Wildman–Crippen MR) is 92.8 cm³/mol. The Balaban J connectivity index is 0.000000313. The van der Waals surface area contributed by atoms with Gasteiger partial charge in [0, 0.05) is 10.9 Å². The van der Waals surface area contributed by atoms with Crippen LogP contribution in [0.2, 0.25) is 0 Å². The van der Waals surface area contributed by atoms with Crippen molar-refractivity contribution < 1.29 is 14.4 Å². The molecule has 2 rings (SSSR count). The number of hydrogen-bond donors (Lipinski definition) is 2. The number of nitrogens with one attached hydrogen (secondary N) is 1. The summed E-state index contributed by atoms with van der Waals surface area (Å²) in [7, 11) is 0. The maximum absolute atomic E-state index is 13.0. The van der Waals surface area contributed by atoms with Gasteiger partial charge in [0.05, 0.1) is 0 Å². The highest BCUT2D eigenvalue weighted by molar-refractivity contribution is 9.10. The van der Waals surface area contributed by atoms with Gasteiger partial charge < -0.3 is 0 Å². The zero-order valence-electron chi connectivity index (χ0n) is 13.1. The minimum atomic E-state index is -0.365. The number of halogens is 2. The first-order chi connectivity index (χ1) is 11.0. The molecule has 1 amide bonds. The van der Waals surface area contributed by atoms with Gasteiger partial charge in [-0.25, -0.2) is 9.87 Å². The molecule has 0 unspecified atom stereocenters. The number of aryl methyl sites for hydroxylation is 2. The summed E-state index contributed by atoms with van der Waals surface area (Å²) in [6, 6.07) is 15.0. The van der Waals surface area contributed by atoms with Crippen LogP contribution in [0, 0.1) is 12.7 Å². The van der Waals surface area contributed by atoms with Crippen molar-refractivity contribution in [1.82, 2.24) is 5.48 Å². The summed E-state index contributed by atoms with van der Waals surface area (Å²) in [6.45, 7) is 1.73. The third kappa shape index (κ3) is 8.47. The topological polar surface area (TPSA) is 49.3 Å². The van der Waals surface area contributed by atoms with Gasteiger partial charge in [-0.15, -0.1) is 0 Å². The van der Waals surface area contributed by atoms with E-state index in [0.717, 1.165) is 22.9 Å². The van der Waals surface area contributed by atoms with Crippen LogP contribution in [-0.2, 0) is 11.2 Å². The fourth-order valence-electron chi connectivity index (χ4n) is 1.95. The number of carbonyl (C=O) groups excluding carboxylic acids is 1. The summed E-state index contributed by atoms with van der Waals surface area (Å²) in [5, 5.41) is 8.28. The van der Waals surface area contributed by atoms with Crippen molar-refractivity contribution in [1.29, 1.82) is 0 Å². The zero-order chi connectivity index (χ0) is 17.1. The fraction of sp³-hybridized carbons (Fsp3) is 0.278. The van der Waals surface area contributed by atoms with Gasteiger partial charge >= 0.3 is 0 Å². The maximum atomic E-state index is 13.0. The lowest BCUT2D eigenvalue weighted by Gasteiger charge is -2.03. The molecule has 3 nitrogen and oxygen atoms in total. The summed E-state index contributed by atoms with van der Waals surface area (Å²) in [6.07, 6.45) is 2.69. The Morgan fingerprint density at radius 1 is 1.17 bits per heavy atom. The summed E-state index contributed by atoms with van der Waals surface area (Å²) >= 11 is 3.31. The van der Waals surface area contributed by atoms with E-state index in [1.54, 1.807) is 18.5 Å². The first-order valence-electron chi connectivity index (χ1n) is 7.41. The standard InChI is InChI=1S/C12H16FNO2.C6H5Br/c1-9-8-10(6-7-11(9)13)4-2-3-5-12(15)14-16;7-6-4-2-1-3-5-6/h6-8,16H,2-5H2,1H3,(H,14,15);1-5H. The van der Waals surface area contributed by atoms with Gasteiger partial charge in [-0.2, -0.15) is 0 Å². The first-order valence-corrected chi connectivity index (χ1v) is 8.20. The molecule has 0 radical (unpaired) electrons. The van der Waals surface area contributed by atoms with Gasteiger partial charge in [-0.1, -0.05) is 46.3 Å². The summed E-state index contributed by atoms with van der Waals surface area (Å²) < 4.78 is 14.1. The fourth-order valence-corrected chi connectivity index (χ4v) is 2.25. The van der Waals surface area contributed by atoms with Crippen molar-refractivity contribution in [2.24, 2.45) is 0 Å². The molecule has 0 atom stereocenters. The maximum Gasteiger partial charge on any atom is 0.243 e. The largest absolute Gasteiger partial charge is 0.289 e. The monoisotopic (exact) mass is 381 g/mol. The average molecular weight is 382 g/mol. The lowest BCUT2D eigenvalue weighted by atomic mass is 10.0. The SMILES string of the molecule is Brc1ccccc1.Cc1cc(CCCCC(=O)NO)ccc1F. The average Bonchev–Trinajstić information content (AvgIpc) is 2.56. The molecule has 0 saturated carbocycles. The van der Waals surface area contributed by atoms with Gasteiger partial charge in [-0.3, -0.25) is 10.0 Å². The second kappa shape index (κ2) is 10.9. The molecule has 2 N–H and O–H groups in total. The lowest BCUT2D eigenvalue weighted by molar-refractivity contribution is -0.129. The highest BCUT2D eigenvalue weighted by atomic mass is 79.9. The quantitative estimate of drug-likeness (QED) is 0.443. The molecule has 2 aromatic carbocycles. The normalized spacial score (nSPS) is 9.74. The molecule has 23 heavy (non-hydrogen) atoms. The van der Waals surface area contributed by atoms with Gasteiger partial charge in [0.1, 0.15) is 5.82 Å². The Morgan fingerprint density at radius 2 is 1.87 bits per heavy atom. The molecule has 0 aliphatic rings. The van der Waals surface area contributed by atoms with Crippen LogP contribution in [0.1, 0.15) is 30.4 Å². The number of benzene rings is 2. The van der Waals surface area contributed by atoms with E-state index in [-0.39, 0.29) is 11.7 Å². The van der Waals surface area contributed by atoms with Crippen LogP contribution in [0.4, 0.5) is 4.39 Å². The molecule has 2 aromatic rings. The molecule has 0 saturated heterocycles. The second-order valence-electron chi connectivity index (χ2n) is 5.12. The third-order valence-electron chi connectivity index (χ3n) is 3.20. The molecule has 124 valence electrons. The van der Waals surface area contributed by atoms with Crippen LogP contribution in [0.25, 0.3) is 0 Å². The second-order valence-corrected chi connectivity index (χ2v) is 6.04. The van der Waals surface area contributed by atoms with Crippen LogP contribution < -0.4 is 5.48 Å². The van der Waals surface area contributed by atoms with Crippen molar-refractivity contribution in [3.05, 3.63) is 69.9 Å². The van der Waals surface area contributed by atoms with Crippen LogP contribution >= 0.6 is 15.9 Å². The summed E-state index contributed by atoms with van der Waals surface area (Å²) in [4.78, 5) is 10.7. The van der Waals surface area contributed by atoms with Crippen LogP contribution in [-0.4, -0.2) is 11.1 Å². The van der Waals surface area contributed by atoms with Gasteiger partial charge in [-0.05, 0) is 55.5 Å². The third-order valence-corrected chi connectivity index (χ3v) is 3.73. The predicted octanol–water partition coefficient (Wildman–Crippen LogP) is 4.80. The molecular weight excluding hydrogens is 361 g/mol. The van der Waals surface area contributed by atoms with Crippen molar-refractivity contribution in [3.8, 4) is 0 Å². The molecule has 0 heterocycles. The number of hydrogen-bond acceptors (Lipinski definition) is 2. The van der Waals surface area contributed by atoms with Crippen molar-refractivity contribution >= 4 is 21.8 Å². The molecule has 0 fully saturated rings. The molecule has 0 aliphatic carbocycles. The van der Waals surface area contributed by atoms with Crippen molar-refractivity contribution in [2.45, 2.75) is 32.6 Å². The van der Waals surface area contributed by atoms with E-state index >= 15 is 0 Å². The van der Waals surface area contributed by atoms with E-state index in [0.29, 0.717) is 18.4 Å². The van der Waals surface area contributed by atoms with E-state index in [4.69, 9.17) is 5.21 Å². The lowest BCUT2D eigenvalue weighted by Crippen LogP contribution is -2.17. The van der Waals surface area contributed by atoms with Crippen LogP contribution in [0.3, 0.4) is 0 Å². The Kier molecular flexibility index (Phi) is 9.17. The van der Waals surface area contributed by atoms with Crippen LogP contribution in [0.5, 0.6) is 0 Å². The highest BCUT2D eigenvalue weighted by Crippen LogP contribution is 2.12. The number of unbranched alkanes of at least 4 members (excludes halogenated alkanes) is 1. The Hall–Kier alpha value is -1.72. The van der Waals surface area contributed by atoms with E-state index in [9.17, 15) is 9.18 Å². The van der Waals surface area contributed by atoms with Crippen LogP contribution in [0.15, 0.2) is 53.0 Å². The molecule has 0 aliphatic heterocycles. The van der Waals surface area contributed by atoms with Crippen molar-refractivity contribution in [2.75, 3.05) is 0 Å². The number of hydroxylamine groups is 1. The highest BCUT2D eigenvalue weighted by Gasteiger charge is 2.01. The minimum absolute atomic E-state index is 0.191. The van der Waals surface area contributed by atoms with Gasteiger partial charge in [0.25, 0.3) is 0 Å². The smallest absolute Gasteiger partial charge is 0.243 e. The minimum Gasteiger partial charge on any atom is -0.289 e. The molecular formula is C18H21BrFNO2. The molecule has 0 spiro atoms. The first kappa shape index (κ1) is 19.3. The van der Waals surface area contributed by atoms with Gasteiger partial charge in [0.15, 0.2) is 0 Å². The zero-order valence-corrected chi connectivity index (χ0v) is 14.6.